The van der Waals surface area contributed by atoms with Crippen molar-refractivity contribution >= 4 is 0 Å². The number of nitrogens with zero attached hydrogens (tertiary/aromatic N) is 3. The normalized spacial score (nSPS) is 19.6. The van der Waals surface area contributed by atoms with Gasteiger partial charge in [0.2, 0.25) is 0 Å². The van der Waals surface area contributed by atoms with Crippen LogP contribution in [0.25, 0.3) is 0 Å². The molecule has 0 unspecified atom stereocenters. The van der Waals surface area contributed by atoms with Crippen LogP contribution in [0.4, 0.5) is 0 Å². The van der Waals surface area contributed by atoms with E-state index in [-0.39, 0.29) is 0 Å². The highest BCUT2D eigenvalue weighted by Crippen LogP contribution is 2.17. The topological polar surface area (TPSA) is 32.5 Å². The molecule has 1 saturated heterocycles. The molecule has 0 radical (unpaired) electrons. The molecule has 1 aliphatic heterocycles. The largest absolute Gasteiger partial charge is 0.364 e. The van der Waals surface area contributed by atoms with Crippen LogP contribution in [0.1, 0.15) is 24.1 Å². The Labute approximate surface area is 132 Å². The lowest BCUT2D eigenvalue weighted by atomic mass is 10.0. The van der Waals surface area contributed by atoms with E-state index in [1.54, 1.807) is 6.26 Å². The minimum Gasteiger partial charge on any atom is -0.364 e. The van der Waals surface area contributed by atoms with Crippen LogP contribution in [-0.4, -0.2) is 47.7 Å². The highest BCUT2D eigenvalue weighted by molar-refractivity contribution is 5.14. The van der Waals surface area contributed by atoms with Crippen LogP contribution in [-0.2, 0) is 13.0 Å². The SMILES string of the molecule is CN(CCc1ccccc1)[C@@H]1CCCN(Cc2ccon2)C1. The fourth-order valence-corrected chi connectivity index (χ4v) is 3.22. The van der Waals surface area contributed by atoms with E-state index in [1.807, 2.05) is 6.07 Å². The Bertz CT molecular complexity index is 541. The van der Waals surface area contributed by atoms with Crippen LogP contribution in [0, 0.1) is 0 Å². The molecule has 1 aromatic carbocycles. The number of hydrogen-bond acceptors (Lipinski definition) is 4. The van der Waals surface area contributed by atoms with E-state index < -0.39 is 0 Å². The molecule has 4 nitrogen and oxygen atoms in total. The number of rotatable bonds is 6. The Morgan fingerprint density at radius 1 is 1.27 bits per heavy atom. The lowest BCUT2D eigenvalue weighted by Crippen LogP contribution is -2.46. The number of likely N-dealkylation sites (tertiary alicyclic amines) is 1. The number of hydrogen-bond donors (Lipinski definition) is 0. The van der Waals surface area contributed by atoms with Gasteiger partial charge in [-0.05, 0) is 38.4 Å². The van der Waals surface area contributed by atoms with Gasteiger partial charge in [0.1, 0.15) is 6.26 Å². The first-order chi connectivity index (χ1) is 10.8. The Morgan fingerprint density at radius 2 is 2.14 bits per heavy atom. The molecule has 2 heterocycles. The second-order valence-corrected chi connectivity index (χ2v) is 6.24. The maximum atomic E-state index is 4.93. The van der Waals surface area contributed by atoms with Gasteiger partial charge in [0, 0.05) is 31.7 Å². The minimum atomic E-state index is 0.643. The van der Waals surface area contributed by atoms with Crippen LogP contribution < -0.4 is 0 Å². The molecule has 118 valence electrons. The van der Waals surface area contributed by atoms with Gasteiger partial charge in [-0.1, -0.05) is 35.5 Å². The van der Waals surface area contributed by atoms with E-state index in [2.05, 4.69) is 52.3 Å². The van der Waals surface area contributed by atoms with E-state index >= 15 is 0 Å². The molecule has 3 rings (SSSR count). The minimum absolute atomic E-state index is 0.643. The van der Waals surface area contributed by atoms with Gasteiger partial charge in [-0.2, -0.15) is 0 Å². The molecule has 22 heavy (non-hydrogen) atoms. The first-order valence-corrected chi connectivity index (χ1v) is 8.17. The van der Waals surface area contributed by atoms with Gasteiger partial charge in [0.15, 0.2) is 0 Å². The monoisotopic (exact) mass is 299 g/mol. The molecule has 0 amide bonds. The van der Waals surface area contributed by atoms with Gasteiger partial charge < -0.3 is 9.42 Å². The van der Waals surface area contributed by atoms with Crippen molar-refractivity contribution in [1.82, 2.24) is 15.0 Å². The third-order valence-corrected chi connectivity index (χ3v) is 4.58. The van der Waals surface area contributed by atoms with Crippen molar-refractivity contribution in [3.8, 4) is 0 Å². The molecule has 0 saturated carbocycles. The van der Waals surface area contributed by atoms with Crippen molar-refractivity contribution in [3.05, 3.63) is 53.9 Å². The predicted molar refractivity (Wildman–Crippen MR) is 87.6 cm³/mol. The summed E-state index contributed by atoms with van der Waals surface area (Å²) in [5.41, 5.74) is 2.46. The molecule has 4 heteroatoms. The highest BCUT2D eigenvalue weighted by atomic mass is 16.5. The average molecular weight is 299 g/mol. The standard InChI is InChI=1S/C18H25N3O/c1-20(12-9-16-6-3-2-4-7-16)18-8-5-11-21(15-18)14-17-10-13-22-19-17/h2-4,6-7,10,13,18H,5,8-9,11-12,14-15H2,1H3/t18-/m1/s1. The summed E-state index contributed by atoms with van der Waals surface area (Å²) in [4.78, 5) is 5.01. The Morgan fingerprint density at radius 3 is 2.91 bits per heavy atom. The average Bonchev–Trinajstić information content (AvgIpc) is 3.07. The Balaban J connectivity index is 1.48. The van der Waals surface area contributed by atoms with Crippen LogP contribution in [0.2, 0.25) is 0 Å². The lowest BCUT2D eigenvalue weighted by molar-refractivity contribution is 0.110. The summed E-state index contributed by atoms with van der Waals surface area (Å²) in [6, 6.07) is 13.4. The third-order valence-electron chi connectivity index (χ3n) is 4.58. The van der Waals surface area contributed by atoms with Crippen molar-refractivity contribution in [2.24, 2.45) is 0 Å². The van der Waals surface area contributed by atoms with Crippen LogP contribution in [0.3, 0.4) is 0 Å². The molecule has 0 aliphatic carbocycles. The van der Waals surface area contributed by atoms with Crippen molar-refractivity contribution in [3.63, 3.8) is 0 Å². The van der Waals surface area contributed by atoms with Gasteiger partial charge in [0.25, 0.3) is 0 Å². The van der Waals surface area contributed by atoms with Crippen LogP contribution in [0.15, 0.2) is 47.2 Å². The summed E-state index contributed by atoms with van der Waals surface area (Å²) in [6.45, 7) is 4.31. The first kappa shape index (κ1) is 15.3. The second kappa shape index (κ2) is 7.56. The zero-order valence-electron chi connectivity index (χ0n) is 13.3. The van der Waals surface area contributed by atoms with E-state index in [4.69, 9.17) is 4.52 Å². The van der Waals surface area contributed by atoms with Crippen molar-refractivity contribution in [2.45, 2.75) is 31.8 Å². The number of aromatic nitrogens is 1. The molecule has 0 bridgehead atoms. The zero-order valence-corrected chi connectivity index (χ0v) is 13.3. The summed E-state index contributed by atoms with van der Waals surface area (Å²) in [6.07, 6.45) is 5.33. The highest BCUT2D eigenvalue weighted by Gasteiger charge is 2.23. The van der Waals surface area contributed by atoms with Gasteiger partial charge in [-0.15, -0.1) is 0 Å². The molecule has 1 aliphatic rings. The van der Waals surface area contributed by atoms with E-state index in [0.717, 1.165) is 38.3 Å². The summed E-state index contributed by atoms with van der Waals surface area (Å²) in [7, 11) is 2.26. The van der Waals surface area contributed by atoms with Gasteiger partial charge >= 0.3 is 0 Å². The Kier molecular flexibility index (Phi) is 5.24. The molecular formula is C18H25N3O. The van der Waals surface area contributed by atoms with Crippen molar-refractivity contribution in [1.29, 1.82) is 0 Å². The maximum Gasteiger partial charge on any atom is 0.124 e. The smallest absolute Gasteiger partial charge is 0.124 e. The molecule has 1 fully saturated rings. The van der Waals surface area contributed by atoms with Crippen molar-refractivity contribution < 1.29 is 4.52 Å². The second-order valence-electron chi connectivity index (χ2n) is 6.24. The molecular weight excluding hydrogens is 274 g/mol. The number of piperidine rings is 1. The van der Waals surface area contributed by atoms with Gasteiger partial charge in [-0.3, -0.25) is 4.90 Å². The van der Waals surface area contributed by atoms with Crippen LogP contribution >= 0.6 is 0 Å². The summed E-state index contributed by atoms with van der Waals surface area (Å²) in [5, 5.41) is 4.03. The number of benzene rings is 1. The Hall–Kier alpha value is -1.65. The molecule has 1 aromatic heterocycles. The number of likely N-dealkylation sites (N-methyl/N-ethyl adjacent to an activating group) is 1. The van der Waals surface area contributed by atoms with E-state index in [0.29, 0.717) is 6.04 Å². The molecule has 1 atom stereocenters. The lowest BCUT2D eigenvalue weighted by Gasteiger charge is -2.37. The van der Waals surface area contributed by atoms with Crippen LogP contribution in [0.5, 0.6) is 0 Å². The first-order valence-electron chi connectivity index (χ1n) is 8.17. The van der Waals surface area contributed by atoms with E-state index in [9.17, 15) is 0 Å². The molecule has 0 spiro atoms. The van der Waals surface area contributed by atoms with E-state index in [1.165, 1.54) is 18.4 Å². The molecule has 0 N–H and O–H groups in total. The fraction of sp³-hybridized carbons (Fsp3) is 0.500. The summed E-state index contributed by atoms with van der Waals surface area (Å²) < 4.78 is 4.93. The molecule has 2 aromatic rings. The maximum absolute atomic E-state index is 4.93. The predicted octanol–water partition coefficient (Wildman–Crippen LogP) is 2.81. The zero-order chi connectivity index (χ0) is 15.2. The van der Waals surface area contributed by atoms with Gasteiger partial charge in [-0.25, -0.2) is 0 Å². The quantitative estimate of drug-likeness (QED) is 0.821. The van der Waals surface area contributed by atoms with Gasteiger partial charge in [0.05, 0.1) is 5.69 Å². The summed E-state index contributed by atoms with van der Waals surface area (Å²) in [5.74, 6) is 0. The third kappa shape index (κ3) is 4.18. The summed E-state index contributed by atoms with van der Waals surface area (Å²) >= 11 is 0. The fourth-order valence-electron chi connectivity index (χ4n) is 3.22. The van der Waals surface area contributed by atoms with Crippen molar-refractivity contribution in [2.75, 3.05) is 26.7 Å².